The van der Waals surface area contributed by atoms with Gasteiger partial charge in [0.2, 0.25) is 0 Å². The molecule has 0 aromatic heterocycles. The molecule has 0 unspecified atom stereocenters. The Kier molecular flexibility index (Phi) is 82.5. The van der Waals surface area contributed by atoms with E-state index in [0.29, 0.717) is 76.0 Å². The molecule has 0 bridgehead atoms. The van der Waals surface area contributed by atoms with Crippen LogP contribution in [0.15, 0.2) is 0 Å². The molecule has 0 amide bonds. The van der Waals surface area contributed by atoms with Crippen LogP contribution in [0.4, 0.5) is 0 Å². The van der Waals surface area contributed by atoms with Crippen molar-refractivity contribution >= 4 is 46.3 Å². The molecule has 0 aliphatic heterocycles. The zero-order valence-corrected chi connectivity index (χ0v) is 64.3. The molecule has 89 heavy (non-hydrogen) atoms. The molecule has 0 spiro atoms. The number of hydrogen-bond donors (Lipinski definition) is 0. The molecule has 0 saturated heterocycles. The van der Waals surface area contributed by atoms with Gasteiger partial charge in [0.25, 0.3) is 0 Å². The highest BCUT2D eigenvalue weighted by Crippen LogP contribution is 2.27. The summed E-state index contributed by atoms with van der Waals surface area (Å²) in [6.45, 7) is 58.1. The van der Waals surface area contributed by atoms with Gasteiger partial charge in [-0.15, -0.1) is 0 Å². The third-order valence-electron chi connectivity index (χ3n) is 14.6. The molecule has 0 aliphatic rings. The lowest BCUT2D eigenvalue weighted by Crippen LogP contribution is -2.15. The van der Waals surface area contributed by atoms with Crippen molar-refractivity contribution in [3.63, 3.8) is 0 Å². The molecule has 0 saturated carbocycles. The van der Waals surface area contributed by atoms with Gasteiger partial charge < -0.3 is 14.5 Å². The molecule has 0 heterocycles. The molecule has 0 radical (unpaired) electrons. The Balaban J connectivity index is -0.0000000999. The van der Waals surface area contributed by atoms with Crippen LogP contribution in [0.3, 0.4) is 0 Å². The van der Waals surface area contributed by atoms with E-state index in [1.54, 1.807) is 7.11 Å². The first-order valence-corrected chi connectivity index (χ1v) is 34.7. The fourth-order valence-electron chi connectivity index (χ4n) is 6.80. The second-order valence-electron chi connectivity index (χ2n) is 30.0. The number of hydrogen-bond acceptors (Lipinski definition) is 11. The second-order valence-corrected chi connectivity index (χ2v) is 30.0. The van der Waals surface area contributed by atoms with Crippen LogP contribution in [-0.4, -0.2) is 111 Å². The molecule has 0 atom stereocenters. The molecular formula is C78H162N2O9. The zero-order valence-electron chi connectivity index (χ0n) is 64.3. The normalized spacial score (nSPS) is 11.0. The number of methoxy groups -OCH3 is 1. The van der Waals surface area contributed by atoms with Crippen LogP contribution in [0.25, 0.3) is 0 Å². The van der Waals surface area contributed by atoms with Crippen LogP contribution in [0.2, 0.25) is 0 Å². The van der Waals surface area contributed by atoms with E-state index in [1.807, 2.05) is 125 Å². The number of rotatable bonds is 38. The van der Waals surface area contributed by atoms with Gasteiger partial charge in [0.05, 0.1) is 0 Å². The number of carbonyl (C=O) groups excluding carboxylic acids is 8. The molecular weight excluding hydrogens is 1110 g/mol. The molecule has 538 valence electrons. The van der Waals surface area contributed by atoms with E-state index in [0.717, 1.165) is 128 Å². The fourth-order valence-corrected chi connectivity index (χ4v) is 6.80. The van der Waals surface area contributed by atoms with Gasteiger partial charge in [-0.3, -0.25) is 38.4 Å². The summed E-state index contributed by atoms with van der Waals surface area (Å²) in [5.74, 6) is 6.19. The Bertz CT molecular complexity index is 1600. The summed E-state index contributed by atoms with van der Waals surface area (Å²) in [4.78, 5) is 93.2. The standard InChI is InChI=1S/C11H22O.C10H21NO.2C10H20O.C9H19NO.2C9H18O.C8H16O2.2CH4/c1-6-11(4,5)8-7-10(12)9(2)3;1-9(2)10(12)7-5-6-8-11(3)4;1-8(2)9(11)6-7-10(3,4)5;1-8(2)6-5-7-10(11)9(3)4;1-8(2)9(11)6-5-7-10(3)4;1-7(2)5-6-9(10)8(3)4;1-4-5-6-7-9(10)8(2)3;1-7(2)8(9)5-4-6-10-3;;/h9H,6-8H2,1-5H3;9H,5-8H2,1-4H3;8H,6-7H2,1-5H3;8-9H,5-7H2,1-4H3;8H,5-7H2,1-4H3;7-8H,5-6H2,1-4H3;8H,4-7H2,1-3H3;7H,4-6H2,1-3H3;2*1H4. The third kappa shape index (κ3) is 96.5. The van der Waals surface area contributed by atoms with Gasteiger partial charge in [-0.05, 0) is 122 Å². The number of ketones is 8. The van der Waals surface area contributed by atoms with Gasteiger partial charge in [0, 0.05) is 112 Å². The summed E-state index contributed by atoms with van der Waals surface area (Å²) in [5.41, 5.74) is 0.634. The number of ether oxygens (including phenoxy) is 1. The first kappa shape index (κ1) is 108. The lowest BCUT2D eigenvalue weighted by molar-refractivity contribution is -0.123. The maximum absolute atomic E-state index is 11.3. The van der Waals surface area contributed by atoms with E-state index in [-0.39, 0.29) is 62.2 Å². The summed E-state index contributed by atoms with van der Waals surface area (Å²) in [6, 6.07) is 0. The first-order valence-electron chi connectivity index (χ1n) is 34.7. The minimum Gasteiger partial charge on any atom is -0.385 e. The monoisotopic (exact) mass is 1270 g/mol. The quantitative estimate of drug-likeness (QED) is 0.0543. The summed E-state index contributed by atoms with van der Waals surface area (Å²) < 4.78 is 4.82. The SMILES string of the molecule is C.C.CC(C)C(=O)CCC(C)(C)C.CC(C)C(=O)CCCCN(C)C.CC(C)C(=O)CCCN(C)C.CC(C)CCC(=O)C(C)C.CC(C)CCCC(=O)C(C)C.CCC(C)(C)CCC(=O)C(C)C.CCCCCC(=O)C(C)C.COCCCC(=O)C(C)C. The van der Waals surface area contributed by atoms with E-state index in [4.69, 9.17) is 4.74 Å². The molecule has 0 aromatic rings. The number of Topliss-reactive ketones (excluding diaryl/α,β-unsaturated/α-hetero) is 8. The highest BCUT2D eigenvalue weighted by atomic mass is 16.5. The van der Waals surface area contributed by atoms with Crippen LogP contribution in [-0.2, 0) is 43.1 Å². The second kappa shape index (κ2) is 68.1. The van der Waals surface area contributed by atoms with E-state index < -0.39 is 0 Å². The molecule has 0 aromatic carbocycles. The summed E-state index contributed by atoms with van der Waals surface area (Å²) in [6.07, 6.45) is 19.9. The molecule has 11 heteroatoms. The smallest absolute Gasteiger partial charge is 0.135 e. The highest BCUT2D eigenvalue weighted by molar-refractivity contribution is 5.82. The highest BCUT2D eigenvalue weighted by Gasteiger charge is 2.18. The topological polar surface area (TPSA) is 152 Å². The minimum atomic E-state index is 0. The van der Waals surface area contributed by atoms with Crippen LogP contribution in [0.1, 0.15) is 337 Å². The van der Waals surface area contributed by atoms with E-state index >= 15 is 0 Å². The van der Waals surface area contributed by atoms with Crippen molar-refractivity contribution in [3.8, 4) is 0 Å². The Labute approximate surface area is 558 Å². The van der Waals surface area contributed by atoms with Gasteiger partial charge in [-0.25, -0.2) is 0 Å². The van der Waals surface area contributed by atoms with Crippen molar-refractivity contribution in [1.82, 2.24) is 9.80 Å². The van der Waals surface area contributed by atoms with Crippen LogP contribution < -0.4 is 0 Å². The molecule has 11 nitrogen and oxygen atoms in total. The van der Waals surface area contributed by atoms with E-state index in [9.17, 15) is 38.4 Å². The Morgan fingerprint density at radius 3 is 0.888 bits per heavy atom. The molecule has 0 rings (SSSR count). The average molecular weight is 1270 g/mol. The lowest BCUT2D eigenvalue weighted by Gasteiger charge is -2.22. The number of unbranched alkanes of at least 4 members (excludes halogenated alkanes) is 3. The van der Waals surface area contributed by atoms with Gasteiger partial charge >= 0.3 is 0 Å². The Morgan fingerprint density at radius 1 is 0.337 bits per heavy atom. The van der Waals surface area contributed by atoms with Crippen LogP contribution >= 0.6 is 0 Å². The van der Waals surface area contributed by atoms with Crippen molar-refractivity contribution in [1.29, 1.82) is 0 Å². The fraction of sp³-hybridized carbons (Fsp3) is 0.897. The van der Waals surface area contributed by atoms with Gasteiger partial charge in [-0.1, -0.05) is 227 Å². The van der Waals surface area contributed by atoms with Crippen molar-refractivity contribution in [3.05, 3.63) is 0 Å². The number of carbonyl (C=O) groups is 8. The first-order chi connectivity index (χ1) is 39.7. The van der Waals surface area contributed by atoms with Crippen LogP contribution in [0.5, 0.6) is 0 Å². The summed E-state index contributed by atoms with van der Waals surface area (Å²) in [5, 5.41) is 0. The van der Waals surface area contributed by atoms with Crippen molar-refractivity contribution < 1.29 is 43.1 Å². The van der Waals surface area contributed by atoms with Gasteiger partial charge in [0.1, 0.15) is 46.3 Å². The molecule has 0 aliphatic carbocycles. The predicted octanol–water partition coefficient (Wildman–Crippen LogP) is 21.4. The van der Waals surface area contributed by atoms with Crippen LogP contribution in [0, 0.1) is 70.0 Å². The van der Waals surface area contributed by atoms with Crippen molar-refractivity contribution in [2.45, 2.75) is 337 Å². The zero-order chi connectivity index (χ0) is 70.2. The largest absolute Gasteiger partial charge is 0.385 e. The number of nitrogens with zero attached hydrogens (tertiary/aromatic N) is 2. The minimum absolute atomic E-state index is 0. The average Bonchev–Trinajstić information content (AvgIpc) is 3.58. The molecule has 0 fully saturated rings. The van der Waals surface area contributed by atoms with Crippen molar-refractivity contribution in [2.75, 3.05) is 55.0 Å². The maximum Gasteiger partial charge on any atom is 0.135 e. The molecule has 0 N–H and O–H groups in total. The predicted molar refractivity (Wildman–Crippen MR) is 392 cm³/mol. The maximum atomic E-state index is 11.3. The summed E-state index contributed by atoms with van der Waals surface area (Å²) >= 11 is 0. The Morgan fingerprint density at radius 2 is 0.607 bits per heavy atom. The third-order valence-corrected chi connectivity index (χ3v) is 14.6. The van der Waals surface area contributed by atoms with E-state index in [2.05, 4.69) is 100 Å². The summed E-state index contributed by atoms with van der Waals surface area (Å²) in [7, 11) is 9.83. The van der Waals surface area contributed by atoms with Gasteiger partial charge in [0.15, 0.2) is 0 Å². The van der Waals surface area contributed by atoms with E-state index in [1.165, 1.54) is 19.3 Å². The van der Waals surface area contributed by atoms with Crippen molar-refractivity contribution in [2.24, 2.45) is 70.0 Å². The lowest BCUT2D eigenvalue weighted by atomic mass is 9.83. The Hall–Kier alpha value is -2.76. The van der Waals surface area contributed by atoms with Gasteiger partial charge in [-0.2, -0.15) is 0 Å².